The van der Waals surface area contributed by atoms with E-state index >= 15 is 0 Å². The van der Waals surface area contributed by atoms with E-state index < -0.39 is 0 Å². The second-order valence-electron chi connectivity index (χ2n) is 6.34. The zero-order chi connectivity index (χ0) is 20.4. The summed E-state index contributed by atoms with van der Waals surface area (Å²) in [5.74, 6) is 3.12. The van der Waals surface area contributed by atoms with Gasteiger partial charge in [-0.1, -0.05) is 29.4 Å². The molecule has 0 aliphatic heterocycles. The Hall–Kier alpha value is -3.67. The van der Waals surface area contributed by atoms with Crippen LogP contribution >= 0.6 is 0 Å². The van der Waals surface area contributed by atoms with E-state index in [0.717, 1.165) is 33.2 Å². The number of methoxy groups -OCH3 is 4. The molecule has 148 valence electrons. The zero-order valence-electron chi connectivity index (χ0n) is 16.7. The molecule has 3 aromatic carbocycles. The third-order valence-electron chi connectivity index (χ3n) is 4.89. The topological polar surface area (TPSA) is 63.0 Å². The minimum atomic E-state index is 0.534. The summed E-state index contributed by atoms with van der Waals surface area (Å²) >= 11 is 0. The lowest BCUT2D eigenvalue weighted by Crippen LogP contribution is -1.96. The highest BCUT2D eigenvalue weighted by Crippen LogP contribution is 2.44. The van der Waals surface area contributed by atoms with Crippen LogP contribution in [0.1, 0.15) is 0 Å². The van der Waals surface area contributed by atoms with E-state index in [4.69, 9.17) is 23.5 Å². The zero-order valence-corrected chi connectivity index (χ0v) is 16.7. The molecule has 6 nitrogen and oxygen atoms in total. The molecular weight excluding hydrogens is 370 g/mol. The van der Waals surface area contributed by atoms with Crippen molar-refractivity contribution in [3.8, 4) is 45.4 Å². The van der Waals surface area contributed by atoms with E-state index in [1.54, 1.807) is 34.6 Å². The van der Waals surface area contributed by atoms with E-state index in [0.29, 0.717) is 23.0 Å². The van der Waals surface area contributed by atoms with Gasteiger partial charge in [0.2, 0.25) is 5.75 Å². The Morgan fingerprint density at radius 1 is 0.690 bits per heavy atom. The molecule has 0 bridgehead atoms. The van der Waals surface area contributed by atoms with Crippen molar-refractivity contribution in [3.63, 3.8) is 0 Å². The molecule has 6 heteroatoms. The van der Waals surface area contributed by atoms with E-state index in [1.165, 1.54) is 0 Å². The van der Waals surface area contributed by atoms with Crippen LogP contribution in [-0.2, 0) is 0 Å². The first-order valence-electron chi connectivity index (χ1n) is 9.03. The fraction of sp³-hybridized carbons (Fsp3) is 0.174. The van der Waals surface area contributed by atoms with Gasteiger partial charge in [-0.25, -0.2) is 0 Å². The lowest BCUT2D eigenvalue weighted by atomic mass is 9.97. The Morgan fingerprint density at radius 3 is 1.97 bits per heavy atom. The SMILES string of the molecule is COc1cc(-c2cnoc2-c2ccc(OC)c3ccccc23)cc(OC)c1OC. The molecule has 0 atom stereocenters. The van der Waals surface area contributed by atoms with E-state index in [1.807, 2.05) is 48.5 Å². The smallest absolute Gasteiger partial charge is 0.203 e. The van der Waals surface area contributed by atoms with E-state index in [9.17, 15) is 0 Å². The Morgan fingerprint density at radius 2 is 1.34 bits per heavy atom. The maximum Gasteiger partial charge on any atom is 0.203 e. The van der Waals surface area contributed by atoms with Crippen LogP contribution in [0.25, 0.3) is 33.2 Å². The second kappa shape index (κ2) is 7.75. The molecule has 4 aromatic rings. The van der Waals surface area contributed by atoms with Gasteiger partial charge in [-0.05, 0) is 35.2 Å². The van der Waals surface area contributed by atoms with Gasteiger partial charge in [-0.2, -0.15) is 0 Å². The molecule has 29 heavy (non-hydrogen) atoms. The van der Waals surface area contributed by atoms with Crippen molar-refractivity contribution in [3.05, 3.63) is 54.7 Å². The molecule has 0 unspecified atom stereocenters. The van der Waals surface area contributed by atoms with Gasteiger partial charge in [0, 0.05) is 16.5 Å². The Balaban J connectivity index is 1.93. The molecule has 0 amide bonds. The van der Waals surface area contributed by atoms with Crippen LogP contribution in [0.15, 0.2) is 59.3 Å². The number of nitrogens with zero attached hydrogens (tertiary/aromatic N) is 1. The standard InChI is InChI=1S/C23H21NO5/c1-25-19-10-9-17(15-7-5-6-8-16(15)19)22-18(13-24-29-22)14-11-20(26-2)23(28-4)21(12-14)27-3/h5-13H,1-4H3. The molecule has 1 heterocycles. The van der Waals surface area contributed by atoms with Gasteiger partial charge in [-0.3, -0.25) is 0 Å². The fourth-order valence-electron chi connectivity index (χ4n) is 3.52. The summed E-state index contributed by atoms with van der Waals surface area (Å²) < 4.78 is 27.6. The molecule has 0 radical (unpaired) electrons. The van der Waals surface area contributed by atoms with Gasteiger partial charge >= 0.3 is 0 Å². The average Bonchev–Trinajstić information content (AvgIpc) is 3.26. The number of hydrogen-bond acceptors (Lipinski definition) is 6. The highest BCUT2D eigenvalue weighted by molar-refractivity contribution is 6.01. The van der Waals surface area contributed by atoms with Crippen molar-refractivity contribution < 1.29 is 23.5 Å². The number of ether oxygens (including phenoxy) is 4. The third kappa shape index (κ3) is 3.12. The summed E-state index contributed by atoms with van der Waals surface area (Å²) in [6.07, 6.45) is 1.69. The van der Waals surface area contributed by atoms with E-state index in [-0.39, 0.29) is 0 Å². The molecule has 0 N–H and O–H groups in total. The monoisotopic (exact) mass is 391 g/mol. The second-order valence-corrected chi connectivity index (χ2v) is 6.34. The molecule has 0 aliphatic carbocycles. The maximum absolute atomic E-state index is 5.69. The molecule has 0 spiro atoms. The minimum Gasteiger partial charge on any atom is -0.496 e. The van der Waals surface area contributed by atoms with Crippen LogP contribution in [-0.4, -0.2) is 33.6 Å². The van der Waals surface area contributed by atoms with Gasteiger partial charge in [0.1, 0.15) is 5.75 Å². The summed E-state index contributed by atoms with van der Waals surface area (Å²) in [7, 11) is 6.42. The van der Waals surface area contributed by atoms with Crippen LogP contribution in [0.3, 0.4) is 0 Å². The number of benzene rings is 3. The summed E-state index contributed by atoms with van der Waals surface area (Å²) in [6.45, 7) is 0. The van der Waals surface area contributed by atoms with E-state index in [2.05, 4.69) is 5.16 Å². The summed E-state index contributed by atoms with van der Waals surface area (Å²) in [6, 6.07) is 15.7. The van der Waals surface area contributed by atoms with Gasteiger partial charge < -0.3 is 23.5 Å². The lowest BCUT2D eigenvalue weighted by Gasteiger charge is -2.14. The molecule has 0 saturated heterocycles. The van der Waals surface area contributed by atoms with Crippen LogP contribution in [0.2, 0.25) is 0 Å². The molecule has 4 rings (SSSR count). The predicted molar refractivity (Wildman–Crippen MR) is 111 cm³/mol. The number of rotatable bonds is 6. The largest absolute Gasteiger partial charge is 0.496 e. The molecular formula is C23H21NO5. The van der Waals surface area contributed by atoms with Crippen LogP contribution in [0, 0.1) is 0 Å². The average molecular weight is 391 g/mol. The first-order valence-corrected chi connectivity index (χ1v) is 9.03. The number of fused-ring (bicyclic) bond motifs is 1. The van der Waals surface area contributed by atoms with Crippen LogP contribution in [0.4, 0.5) is 0 Å². The van der Waals surface area contributed by atoms with Crippen molar-refractivity contribution in [1.82, 2.24) is 5.16 Å². The molecule has 0 fully saturated rings. The van der Waals surface area contributed by atoms with Gasteiger partial charge in [0.15, 0.2) is 17.3 Å². The first-order chi connectivity index (χ1) is 14.2. The van der Waals surface area contributed by atoms with Crippen molar-refractivity contribution in [2.75, 3.05) is 28.4 Å². The lowest BCUT2D eigenvalue weighted by molar-refractivity contribution is 0.324. The quantitative estimate of drug-likeness (QED) is 0.450. The van der Waals surface area contributed by atoms with Crippen molar-refractivity contribution in [1.29, 1.82) is 0 Å². The Kier molecular flexibility index (Phi) is 4.99. The van der Waals surface area contributed by atoms with Crippen molar-refractivity contribution >= 4 is 10.8 Å². The molecule has 0 aliphatic rings. The molecule has 0 saturated carbocycles. The first kappa shape index (κ1) is 18.7. The van der Waals surface area contributed by atoms with Gasteiger partial charge in [0.25, 0.3) is 0 Å². The summed E-state index contributed by atoms with van der Waals surface area (Å²) in [4.78, 5) is 0. The Labute approximate surface area is 168 Å². The minimum absolute atomic E-state index is 0.534. The third-order valence-corrected chi connectivity index (χ3v) is 4.89. The van der Waals surface area contributed by atoms with Crippen LogP contribution < -0.4 is 18.9 Å². The highest BCUT2D eigenvalue weighted by Gasteiger charge is 2.20. The van der Waals surface area contributed by atoms with Crippen LogP contribution in [0.5, 0.6) is 23.0 Å². The van der Waals surface area contributed by atoms with Crippen molar-refractivity contribution in [2.24, 2.45) is 0 Å². The summed E-state index contributed by atoms with van der Waals surface area (Å²) in [5, 5.41) is 6.07. The Bertz CT molecular complexity index is 1140. The molecule has 1 aromatic heterocycles. The predicted octanol–water partition coefficient (Wildman–Crippen LogP) is 5.20. The normalized spacial score (nSPS) is 10.8. The number of hydrogen-bond donors (Lipinski definition) is 0. The fourth-order valence-corrected chi connectivity index (χ4v) is 3.52. The van der Waals surface area contributed by atoms with Gasteiger partial charge in [-0.15, -0.1) is 0 Å². The number of aromatic nitrogens is 1. The maximum atomic E-state index is 5.69. The van der Waals surface area contributed by atoms with Crippen molar-refractivity contribution in [2.45, 2.75) is 0 Å². The highest BCUT2D eigenvalue weighted by atomic mass is 16.5. The van der Waals surface area contributed by atoms with Gasteiger partial charge in [0.05, 0.1) is 34.6 Å². The summed E-state index contributed by atoms with van der Waals surface area (Å²) in [5.41, 5.74) is 2.58.